The third kappa shape index (κ3) is 1.68. The van der Waals surface area contributed by atoms with E-state index in [1.165, 1.54) is 0 Å². The lowest BCUT2D eigenvalue weighted by atomic mass is 10.3. The highest BCUT2D eigenvalue weighted by atomic mass is 35.5. The van der Waals surface area contributed by atoms with Crippen LogP contribution in [0.1, 0.15) is 6.42 Å². The molecule has 1 aromatic rings. The number of nitrogens with zero attached hydrogens (tertiary/aromatic N) is 2. The highest BCUT2D eigenvalue weighted by Crippen LogP contribution is 2.32. The second kappa shape index (κ2) is 3.88. The predicted molar refractivity (Wildman–Crippen MR) is 58.5 cm³/mol. The molecule has 0 saturated carbocycles. The van der Waals surface area contributed by atoms with E-state index in [9.17, 15) is 0 Å². The van der Waals surface area contributed by atoms with E-state index in [1.54, 1.807) is 7.11 Å². The zero-order valence-electron chi connectivity index (χ0n) is 7.90. The van der Waals surface area contributed by atoms with Gasteiger partial charge in [0, 0.05) is 24.2 Å². The molecule has 1 aliphatic heterocycles. The molecule has 0 aliphatic carbocycles. The number of hydrogen-bond acceptors (Lipinski definition) is 3. The topological polar surface area (TPSA) is 24.8 Å². The molecule has 3 nitrogen and oxygen atoms in total. The molecule has 74 valence electrons. The third-order valence-electron chi connectivity index (χ3n) is 2.11. The first-order valence-corrected chi connectivity index (χ1v) is 4.82. The summed E-state index contributed by atoms with van der Waals surface area (Å²) in [6.45, 7) is 0.886. The van der Waals surface area contributed by atoms with Gasteiger partial charge in [0.1, 0.15) is 11.4 Å². The summed E-state index contributed by atoms with van der Waals surface area (Å²) in [5.41, 5.74) is 0.925. The van der Waals surface area contributed by atoms with Crippen molar-refractivity contribution in [2.24, 2.45) is 5.10 Å². The fourth-order valence-corrected chi connectivity index (χ4v) is 1.61. The van der Waals surface area contributed by atoms with Gasteiger partial charge in [-0.15, -0.1) is 0 Å². The maximum absolute atomic E-state index is 5.92. The third-order valence-corrected chi connectivity index (χ3v) is 2.35. The molecule has 0 saturated heterocycles. The Morgan fingerprint density at radius 1 is 1.50 bits per heavy atom. The minimum atomic E-state index is 0.697. The van der Waals surface area contributed by atoms with Crippen LogP contribution in [0.4, 0.5) is 5.69 Å². The second-order valence-corrected chi connectivity index (χ2v) is 3.46. The molecule has 0 amide bonds. The Labute approximate surface area is 87.9 Å². The average Bonchev–Trinajstić information content (AvgIpc) is 2.70. The van der Waals surface area contributed by atoms with Crippen LogP contribution in [0.25, 0.3) is 0 Å². The Balaban J connectivity index is 2.38. The van der Waals surface area contributed by atoms with Crippen molar-refractivity contribution in [3.63, 3.8) is 0 Å². The number of methoxy groups -OCH3 is 1. The van der Waals surface area contributed by atoms with Crippen LogP contribution in [-0.2, 0) is 0 Å². The number of anilines is 1. The molecule has 0 aromatic heterocycles. The van der Waals surface area contributed by atoms with Crippen LogP contribution in [0.15, 0.2) is 23.3 Å². The zero-order chi connectivity index (χ0) is 9.97. The first-order chi connectivity index (χ1) is 6.81. The molecule has 0 radical (unpaired) electrons. The van der Waals surface area contributed by atoms with Crippen molar-refractivity contribution in [3.8, 4) is 5.75 Å². The minimum Gasteiger partial charge on any atom is -0.495 e. The van der Waals surface area contributed by atoms with Crippen LogP contribution in [-0.4, -0.2) is 19.9 Å². The lowest BCUT2D eigenvalue weighted by Crippen LogP contribution is -2.12. The van der Waals surface area contributed by atoms with E-state index in [1.807, 2.05) is 29.4 Å². The lowest BCUT2D eigenvalue weighted by Gasteiger charge is -2.17. The van der Waals surface area contributed by atoms with Crippen molar-refractivity contribution in [1.82, 2.24) is 0 Å². The van der Waals surface area contributed by atoms with E-state index in [4.69, 9.17) is 16.3 Å². The molecule has 0 unspecified atom stereocenters. The van der Waals surface area contributed by atoms with Crippen molar-refractivity contribution in [3.05, 3.63) is 23.2 Å². The predicted octanol–water partition coefficient (Wildman–Crippen LogP) is 2.54. The second-order valence-electron chi connectivity index (χ2n) is 3.03. The van der Waals surface area contributed by atoms with Crippen LogP contribution < -0.4 is 9.75 Å². The fourth-order valence-electron chi connectivity index (χ4n) is 1.44. The highest BCUT2D eigenvalue weighted by molar-refractivity contribution is 6.30. The van der Waals surface area contributed by atoms with Gasteiger partial charge in [0.25, 0.3) is 0 Å². The first kappa shape index (κ1) is 9.34. The molecule has 4 heteroatoms. The van der Waals surface area contributed by atoms with E-state index in [0.717, 1.165) is 24.4 Å². The van der Waals surface area contributed by atoms with E-state index >= 15 is 0 Å². The maximum atomic E-state index is 5.92. The maximum Gasteiger partial charge on any atom is 0.144 e. The zero-order valence-corrected chi connectivity index (χ0v) is 8.66. The van der Waals surface area contributed by atoms with Crippen LogP contribution in [0, 0.1) is 0 Å². The number of ether oxygens (including phenoxy) is 1. The quantitative estimate of drug-likeness (QED) is 0.750. The van der Waals surface area contributed by atoms with Gasteiger partial charge in [-0.2, -0.15) is 5.10 Å². The molecule has 0 bridgehead atoms. The lowest BCUT2D eigenvalue weighted by molar-refractivity contribution is 0.414. The Hall–Kier alpha value is -1.22. The van der Waals surface area contributed by atoms with Gasteiger partial charge in [-0.1, -0.05) is 11.6 Å². The molecular weight excluding hydrogens is 200 g/mol. The van der Waals surface area contributed by atoms with Gasteiger partial charge in [0.2, 0.25) is 0 Å². The first-order valence-electron chi connectivity index (χ1n) is 4.45. The Morgan fingerprint density at radius 3 is 3.00 bits per heavy atom. The molecule has 1 aliphatic rings. The highest BCUT2D eigenvalue weighted by Gasteiger charge is 2.13. The molecule has 1 heterocycles. The van der Waals surface area contributed by atoms with Gasteiger partial charge in [-0.05, 0) is 18.2 Å². The summed E-state index contributed by atoms with van der Waals surface area (Å²) in [5.74, 6) is 0.799. The number of rotatable bonds is 2. The number of hydrazone groups is 1. The van der Waals surface area contributed by atoms with Crippen molar-refractivity contribution in [2.45, 2.75) is 6.42 Å². The molecule has 0 spiro atoms. The standard InChI is InChI=1S/C10H11ClN2O/c1-14-10-4-3-8(11)7-9(10)13-6-2-5-12-13/h3-5,7H,2,6H2,1H3. The monoisotopic (exact) mass is 210 g/mol. The van der Waals surface area contributed by atoms with Crippen molar-refractivity contribution < 1.29 is 4.74 Å². The van der Waals surface area contributed by atoms with Crippen LogP contribution in [0.5, 0.6) is 5.75 Å². The van der Waals surface area contributed by atoms with Crippen molar-refractivity contribution in [1.29, 1.82) is 0 Å². The van der Waals surface area contributed by atoms with Gasteiger partial charge >= 0.3 is 0 Å². The molecule has 0 atom stereocenters. The smallest absolute Gasteiger partial charge is 0.144 e. The summed E-state index contributed by atoms with van der Waals surface area (Å²) in [6, 6.07) is 5.53. The molecule has 0 fully saturated rings. The molecular formula is C10H11ClN2O. The normalized spacial score (nSPS) is 14.9. The molecule has 2 rings (SSSR count). The summed E-state index contributed by atoms with van der Waals surface area (Å²) < 4.78 is 5.24. The summed E-state index contributed by atoms with van der Waals surface area (Å²) in [6.07, 6.45) is 2.86. The molecule has 14 heavy (non-hydrogen) atoms. The Bertz CT molecular complexity index is 365. The molecule has 0 N–H and O–H groups in total. The SMILES string of the molecule is COc1ccc(Cl)cc1N1CCC=N1. The van der Waals surface area contributed by atoms with Crippen LogP contribution in [0.3, 0.4) is 0 Å². The van der Waals surface area contributed by atoms with Gasteiger partial charge in [-0.3, -0.25) is 5.01 Å². The van der Waals surface area contributed by atoms with E-state index < -0.39 is 0 Å². The van der Waals surface area contributed by atoms with Gasteiger partial charge in [0.15, 0.2) is 0 Å². The minimum absolute atomic E-state index is 0.697. The summed E-state index contributed by atoms with van der Waals surface area (Å²) in [4.78, 5) is 0. The number of hydrogen-bond donors (Lipinski definition) is 0. The Morgan fingerprint density at radius 2 is 2.36 bits per heavy atom. The van der Waals surface area contributed by atoms with E-state index in [-0.39, 0.29) is 0 Å². The summed E-state index contributed by atoms with van der Waals surface area (Å²) in [7, 11) is 1.65. The van der Waals surface area contributed by atoms with Crippen LogP contribution in [0.2, 0.25) is 5.02 Å². The van der Waals surface area contributed by atoms with E-state index in [2.05, 4.69) is 5.10 Å². The Kier molecular flexibility index (Phi) is 2.59. The van der Waals surface area contributed by atoms with Gasteiger partial charge < -0.3 is 4.74 Å². The summed E-state index contributed by atoms with van der Waals surface area (Å²) >= 11 is 5.92. The largest absolute Gasteiger partial charge is 0.495 e. The van der Waals surface area contributed by atoms with Crippen molar-refractivity contribution >= 4 is 23.5 Å². The summed E-state index contributed by atoms with van der Waals surface area (Å²) in [5, 5.41) is 6.82. The number of halogens is 1. The van der Waals surface area contributed by atoms with Crippen molar-refractivity contribution in [2.75, 3.05) is 18.7 Å². The molecule has 1 aromatic carbocycles. The van der Waals surface area contributed by atoms with Gasteiger partial charge in [-0.25, -0.2) is 0 Å². The average molecular weight is 211 g/mol. The fraction of sp³-hybridized carbons (Fsp3) is 0.300. The van der Waals surface area contributed by atoms with Crippen LogP contribution >= 0.6 is 11.6 Å². The number of benzene rings is 1. The van der Waals surface area contributed by atoms with Gasteiger partial charge in [0.05, 0.1) is 7.11 Å². The van der Waals surface area contributed by atoms with E-state index in [0.29, 0.717) is 5.02 Å².